The second-order valence-corrected chi connectivity index (χ2v) is 4.73. The van der Waals surface area contributed by atoms with Crippen LogP contribution < -0.4 is 5.73 Å². The topological polar surface area (TPSA) is 82.2 Å². The number of aromatic nitrogens is 4. The number of benzene rings is 1. The van der Waals surface area contributed by atoms with Gasteiger partial charge in [0, 0.05) is 18.5 Å². The van der Waals surface area contributed by atoms with Crippen molar-refractivity contribution < 1.29 is 4.42 Å². The molecule has 98 valence electrons. The summed E-state index contributed by atoms with van der Waals surface area (Å²) in [6.45, 7) is 0. The van der Waals surface area contributed by atoms with Crippen molar-refractivity contribution in [3.8, 4) is 11.5 Å². The summed E-state index contributed by atoms with van der Waals surface area (Å²) in [5.41, 5.74) is 9.05. The summed E-state index contributed by atoms with van der Waals surface area (Å²) in [4.78, 5) is 8.50. The Morgan fingerprint density at radius 2 is 2.15 bits per heavy atom. The van der Waals surface area contributed by atoms with Crippen molar-refractivity contribution in [1.29, 1.82) is 0 Å². The third-order valence-corrected chi connectivity index (χ3v) is 3.39. The van der Waals surface area contributed by atoms with Crippen molar-refractivity contribution >= 4 is 33.9 Å². The van der Waals surface area contributed by atoms with Crippen LogP contribution in [0.5, 0.6) is 0 Å². The lowest BCUT2D eigenvalue weighted by Crippen LogP contribution is -1.86. The number of hydrogen-bond acceptors (Lipinski definition) is 5. The smallest absolute Gasteiger partial charge is 0.231 e. The molecule has 6 nitrogen and oxygen atoms in total. The van der Waals surface area contributed by atoms with Crippen molar-refractivity contribution in [2.45, 2.75) is 0 Å². The van der Waals surface area contributed by atoms with E-state index in [-0.39, 0.29) is 0 Å². The van der Waals surface area contributed by atoms with Crippen LogP contribution in [0.3, 0.4) is 0 Å². The third-order valence-electron chi connectivity index (χ3n) is 3.06. The van der Waals surface area contributed by atoms with E-state index in [1.165, 1.54) is 0 Å². The Labute approximate surface area is 117 Å². The van der Waals surface area contributed by atoms with Crippen LogP contribution in [-0.2, 0) is 0 Å². The van der Waals surface area contributed by atoms with Crippen LogP contribution in [0.4, 0.5) is 5.69 Å². The highest BCUT2D eigenvalue weighted by Crippen LogP contribution is 2.31. The predicted molar refractivity (Wildman–Crippen MR) is 75.4 cm³/mol. The molecule has 4 rings (SSSR count). The zero-order valence-corrected chi connectivity index (χ0v) is 10.9. The number of anilines is 1. The molecule has 3 heterocycles. The summed E-state index contributed by atoms with van der Waals surface area (Å²) in [6.07, 6.45) is 6.82. The first kappa shape index (κ1) is 11.2. The standard InChI is InChI=1S/C13H8ClN5O/c14-8-3-10-12(4-9(8)15)20-13(18-10)7-5-17-19-2-1-16-6-11(7)19/h1-6H,15H2. The highest BCUT2D eigenvalue weighted by molar-refractivity contribution is 6.33. The predicted octanol–water partition coefficient (Wildman–Crippen LogP) is 2.77. The lowest BCUT2D eigenvalue weighted by Gasteiger charge is -1.94. The Hall–Kier alpha value is -2.60. The molecule has 0 unspecified atom stereocenters. The molecular formula is C13H8ClN5O. The molecule has 0 aliphatic carbocycles. The first-order valence-corrected chi connectivity index (χ1v) is 6.23. The number of nitrogens with zero attached hydrogens (tertiary/aromatic N) is 4. The maximum Gasteiger partial charge on any atom is 0.231 e. The molecule has 0 spiro atoms. The average Bonchev–Trinajstić information content (AvgIpc) is 3.02. The molecule has 0 atom stereocenters. The highest BCUT2D eigenvalue weighted by Gasteiger charge is 2.14. The van der Waals surface area contributed by atoms with Gasteiger partial charge in [-0.2, -0.15) is 5.10 Å². The molecule has 0 saturated heterocycles. The van der Waals surface area contributed by atoms with Crippen LogP contribution in [0.1, 0.15) is 0 Å². The van der Waals surface area contributed by atoms with E-state index >= 15 is 0 Å². The number of oxazole rings is 1. The van der Waals surface area contributed by atoms with E-state index in [0.717, 1.165) is 11.1 Å². The quantitative estimate of drug-likeness (QED) is 0.544. The van der Waals surface area contributed by atoms with Crippen molar-refractivity contribution in [2.24, 2.45) is 0 Å². The van der Waals surface area contributed by atoms with E-state index in [4.69, 9.17) is 21.8 Å². The molecule has 0 aliphatic rings. The molecule has 0 radical (unpaired) electrons. The van der Waals surface area contributed by atoms with Gasteiger partial charge in [-0.15, -0.1) is 0 Å². The molecule has 0 saturated carbocycles. The van der Waals surface area contributed by atoms with Crippen LogP contribution in [0.15, 0.2) is 41.3 Å². The van der Waals surface area contributed by atoms with Gasteiger partial charge in [-0.25, -0.2) is 9.50 Å². The molecule has 3 aromatic heterocycles. The monoisotopic (exact) mass is 285 g/mol. The average molecular weight is 286 g/mol. The number of halogens is 1. The van der Waals surface area contributed by atoms with Crippen LogP contribution in [0.2, 0.25) is 5.02 Å². The minimum Gasteiger partial charge on any atom is -0.436 e. The second kappa shape index (κ2) is 3.94. The Balaban J connectivity index is 1.98. The molecule has 0 amide bonds. The van der Waals surface area contributed by atoms with E-state index < -0.39 is 0 Å². The molecular weight excluding hydrogens is 278 g/mol. The number of nitrogen functional groups attached to an aromatic ring is 1. The van der Waals surface area contributed by atoms with Crippen molar-refractivity contribution in [3.63, 3.8) is 0 Å². The van der Waals surface area contributed by atoms with Gasteiger partial charge >= 0.3 is 0 Å². The Kier molecular flexibility index (Phi) is 2.22. The molecule has 7 heteroatoms. The van der Waals surface area contributed by atoms with E-state index in [1.54, 1.807) is 41.4 Å². The van der Waals surface area contributed by atoms with E-state index in [1.807, 2.05) is 0 Å². The summed E-state index contributed by atoms with van der Waals surface area (Å²) < 4.78 is 7.43. The zero-order valence-electron chi connectivity index (χ0n) is 10.1. The number of fused-ring (bicyclic) bond motifs is 2. The minimum atomic E-state index is 0.457. The van der Waals surface area contributed by atoms with Gasteiger partial charge in [0.15, 0.2) is 5.58 Å². The number of hydrogen-bond donors (Lipinski definition) is 1. The largest absolute Gasteiger partial charge is 0.436 e. The number of rotatable bonds is 1. The van der Waals surface area contributed by atoms with Gasteiger partial charge in [0.1, 0.15) is 5.52 Å². The molecule has 0 aliphatic heterocycles. The van der Waals surface area contributed by atoms with E-state index in [0.29, 0.717) is 27.7 Å². The Morgan fingerprint density at radius 1 is 1.25 bits per heavy atom. The van der Waals surface area contributed by atoms with Crippen molar-refractivity contribution in [2.75, 3.05) is 5.73 Å². The summed E-state index contributed by atoms with van der Waals surface area (Å²) in [7, 11) is 0. The molecule has 1 aromatic carbocycles. The van der Waals surface area contributed by atoms with Gasteiger partial charge in [0.05, 0.1) is 34.2 Å². The van der Waals surface area contributed by atoms with Crippen LogP contribution in [0.25, 0.3) is 28.1 Å². The van der Waals surface area contributed by atoms with Gasteiger partial charge in [-0.1, -0.05) is 11.6 Å². The maximum atomic E-state index is 5.98. The Morgan fingerprint density at radius 3 is 3.05 bits per heavy atom. The second-order valence-electron chi connectivity index (χ2n) is 4.32. The Bertz CT molecular complexity index is 903. The molecule has 4 aromatic rings. The fraction of sp³-hybridized carbons (Fsp3) is 0. The molecule has 2 N–H and O–H groups in total. The molecule has 20 heavy (non-hydrogen) atoms. The minimum absolute atomic E-state index is 0.457. The summed E-state index contributed by atoms with van der Waals surface area (Å²) in [5.74, 6) is 0.463. The number of nitrogens with two attached hydrogens (primary N) is 1. The lowest BCUT2D eigenvalue weighted by atomic mass is 10.3. The van der Waals surface area contributed by atoms with Crippen molar-refractivity contribution in [1.82, 2.24) is 19.6 Å². The molecule has 0 bridgehead atoms. The van der Waals surface area contributed by atoms with Gasteiger partial charge < -0.3 is 10.2 Å². The first-order valence-electron chi connectivity index (χ1n) is 5.85. The van der Waals surface area contributed by atoms with Crippen LogP contribution in [-0.4, -0.2) is 19.6 Å². The van der Waals surface area contributed by atoms with Crippen LogP contribution in [0, 0.1) is 0 Å². The molecule has 0 fully saturated rings. The first-order chi connectivity index (χ1) is 9.72. The SMILES string of the molecule is Nc1cc2oc(-c3cnn4ccncc34)nc2cc1Cl. The van der Waals surface area contributed by atoms with Crippen LogP contribution >= 0.6 is 11.6 Å². The highest BCUT2D eigenvalue weighted by atomic mass is 35.5. The summed E-state index contributed by atoms with van der Waals surface area (Å²) in [6, 6.07) is 3.35. The van der Waals surface area contributed by atoms with Gasteiger partial charge in [-0.3, -0.25) is 4.98 Å². The van der Waals surface area contributed by atoms with E-state index in [2.05, 4.69) is 15.1 Å². The van der Waals surface area contributed by atoms with Gasteiger partial charge in [0.25, 0.3) is 0 Å². The van der Waals surface area contributed by atoms with Gasteiger partial charge in [-0.05, 0) is 6.07 Å². The fourth-order valence-corrected chi connectivity index (χ4v) is 2.24. The maximum absolute atomic E-state index is 5.98. The van der Waals surface area contributed by atoms with Crippen molar-refractivity contribution in [3.05, 3.63) is 41.9 Å². The van der Waals surface area contributed by atoms with Gasteiger partial charge in [0.2, 0.25) is 5.89 Å². The normalized spacial score (nSPS) is 11.4. The zero-order chi connectivity index (χ0) is 13.7. The third kappa shape index (κ3) is 1.55. The lowest BCUT2D eigenvalue weighted by molar-refractivity contribution is 0.620. The fourth-order valence-electron chi connectivity index (χ4n) is 2.08. The van der Waals surface area contributed by atoms with E-state index in [9.17, 15) is 0 Å². The summed E-state index contributed by atoms with van der Waals surface area (Å²) in [5, 5.41) is 4.68. The summed E-state index contributed by atoms with van der Waals surface area (Å²) >= 11 is 5.98.